The number of nitrogens with one attached hydrogen (secondary N) is 1. The third kappa shape index (κ3) is 3.13. The minimum absolute atomic E-state index is 0.0520. The number of carbonyl (C=O) groups excluding carboxylic acids is 1. The lowest BCUT2D eigenvalue weighted by atomic mass is 10.1. The van der Waals surface area contributed by atoms with E-state index in [1.165, 1.54) is 12.1 Å². The van der Waals surface area contributed by atoms with Gasteiger partial charge in [0.05, 0.1) is 30.9 Å². The maximum absolute atomic E-state index is 12.3. The molecule has 8 nitrogen and oxygen atoms in total. The van der Waals surface area contributed by atoms with Crippen LogP contribution in [0.3, 0.4) is 0 Å². The Hall–Kier alpha value is -2.74. The Labute approximate surface area is 138 Å². The normalized spacial score (nSPS) is 13.4. The van der Waals surface area contributed by atoms with Crippen molar-refractivity contribution in [1.82, 2.24) is 15.1 Å². The molecule has 0 saturated heterocycles. The number of hydrogen-bond acceptors (Lipinski definition) is 5. The standard InChI is InChI=1S/C16H18N4O4/c1-11-13(3-2-4-14(11)20(22)23)16(21)17-6-7-19-15-5-8-24-10-12(15)9-18-19/h2-4,9H,5-8,10H2,1H3,(H,17,21). The Bertz CT molecular complexity index is 784. The van der Waals surface area contributed by atoms with Crippen LogP contribution in [0.4, 0.5) is 5.69 Å². The molecule has 2 aromatic rings. The van der Waals surface area contributed by atoms with Gasteiger partial charge in [-0.2, -0.15) is 5.10 Å². The smallest absolute Gasteiger partial charge is 0.273 e. The molecule has 0 saturated carbocycles. The summed E-state index contributed by atoms with van der Waals surface area (Å²) >= 11 is 0. The lowest BCUT2D eigenvalue weighted by molar-refractivity contribution is -0.385. The molecule has 0 unspecified atom stereocenters. The highest BCUT2D eigenvalue weighted by Crippen LogP contribution is 2.21. The van der Waals surface area contributed by atoms with Crippen LogP contribution < -0.4 is 5.32 Å². The van der Waals surface area contributed by atoms with Gasteiger partial charge in [-0.05, 0) is 13.0 Å². The predicted octanol–water partition coefficient (Wildman–Crippen LogP) is 1.60. The topological polar surface area (TPSA) is 99.3 Å². The van der Waals surface area contributed by atoms with E-state index in [0.717, 1.165) is 17.7 Å². The van der Waals surface area contributed by atoms with E-state index in [4.69, 9.17) is 4.74 Å². The molecule has 0 spiro atoms. The Balaban J connectivity index is 1.63. The number of nitro groups is 1. The van der Waals surface area contributed by atoms with E-state index in [1.807, 2.05) is 4.68 Å². The van der Waals surface area contributed by atoms with Crippen molar-refractivity contribution in [3.8, 4) is 0 Å². The van der Waals surface area contributed by atoms with Gasteiger partial charge < -0.3 is 10.1 Å². The maximum atomic E-state index is 12.3. The van der Waals surface area contributed by atoms with Crippen LogP contribution in [0.5, 0.6) is 0 Å². The van der Waals surface area contributed by atoms with Gasteiger partial charge in [0.1, 0.15) is 0 Å². The van der Waals surface area contributed by atoms with Crippen LogP contribution in [0, 0.1) is 17.0 Å². The van der Waals surface area contributed by atoms with Crippen molar-refractivity contribution in [2.24, 2.45) is 0 Å². The van der Waals surface area contributed by atoms with Crippen LogP contribution >= 0.6 is 0 Å². The van der Waals surface area contributed by atoms with Crippen LogP contribution in [-0.4, -0.2) is 33.8 Å². The Morgan fingerprint density at radius 2 is 2.33 bits per heavy atom. The molecule has 2 heterocycles. The number of carbonyl (C=O) groups is 1. The summed E-state index contributed by atoms with van der Waals surface area (Å²) in [5, 5.41) is 18.1. The molecule has 8 heteroatoms. The van der Waals surface area contributed by atoms with Crippen molar-refractivity contribution in [3.05, 3.63) is 56.9 Å². The predicted molar refractivity (Wildman–Crippen MR) is 85.8 cm³/mol. The third-order valence-electron chi connectivity index (χ3n) is 4.13. The van der Waals surface area contributed by atoms with Gasteiger partial charge in [-0.3, -0.25) is 19.6 Å². The van der Waals surface area contributed by atoms with E-state index in [-0.39, 0.29) is 11.6 Å². The molecule has 0 radical (unpaired) electrons. The molecule has 1 aliphatic rings. The minimum atomic E-state index is -0.482. The molecule has 24 heavy (non-hydrogen) atoms. The molecule has 1 aromatic heterocycles. The second-order valence-electron chi connectivity index (χ2n) is 5.60. The summed E-state index contributed by atoms with van der Waals surface area (Å²) in [6, 6.07) is 4.50. The largest absolute Gasteiger partial charge is 0.376 e. The highest BCUT2D eigenvalue weighted by atomic mass is 16.6. The number of ether oxygens (including phenoxy) is 1. The summed E-state index contributed by atoms with van der Waals surface area (Å²) in [7, 11) is 0. The van der Waals surface area contributed by atoms with E-state index >= 15 is 0 Å². The first kappa shape index (κ1) is 16.1. The van der Waals surface area contributed by atoms with Crippen molar-refractivity contribution in [2.45, 2.75) is 26.5 Å². The van der Waals surface area contributed by atoms with E-state index in [9.17, 15) is 14.9 Å². The zero-order valence-corrected chi connectivity index (χ0v) is 13.3. The molecule has 126 valence electrons. The highest BCUT2D eigenvalue weighted by molar-refractivity contribution is 5.96. The number of nitro benzene ring substituents is 1. The second-order valence-corrected chi connectivity index (χ2v) is 5.60. The number of benzene rings is 1. The molecular weight excluding hydrogens is 312 g/mol. The van der Waals surface area contributed by atoms with Gasteiger partial charge in [0.15, 0.2) is 0 Å². The summed E-state index contributed by atoms with van der Waals surface area (Å²) in [5.74, 6) is -0.319. The number of aromatic nitrogens is 2. The SMILES string of the molecule is Cc1c(C(=O)NCCn2ncc3c2CCOC3)cccc1[N+](=O)[O-]. The van der Waals surface area contributed by atoms with Crippen LogP contribution in [0.15, 0.2) is 24.4 Å². The highest BCUT2D eigenvalue weighted by Gasteiger charge is 2.18. The summed E-state index contributed by atoms with van der Waals surface area (Å²) < 4.78 is 7.25. The quantitative estimate of drug-likeness (QED) is 0.663. The van der Waals surface area contributed by atoms with Gasteiger partial charge in [-0.15, -0.1) is 0 Å². The molecule has 0 atom stereocenters. The molecule has 1 N–H and O–H groups in total. The van der Waals surface area contributed by atoms with Crippen LogP contribution in [0.2, 0.25) is 0 Å². The number of nitrogens with zero attached hydrogens (tertiary/aromatic N) is 3. The van der Waals surface area contributed by atoms with E-state index < -0.39 is 4.92 Å². The van der Waals surface area contributed by atoms with Crippen molar-refractivity contribution >= 4 is 11.6 Å². The zero-order valence-electron chi connectivity index (χ0n) is 13.3. The Morgan fingerprint density at radius 3 is 3.12 bits per heavy atom. The molecule has 0 bridgehead atoms. The van der Waals surface area contributed by atoms with Gasteiger partial charge in [0.2, 0.25) is 0 Å². The Morgan fingerprint density at radius 1 is 1.50 bits per heavy atom. The average molecular weight is 330 g/mol. The van der Waals surface area contributed by atoms with E-state index in [2.05, 4.69) is 10.4 Å². The van der Waals surface area contributed by atoms with Crippen molar-refractivity contribution < 1.29 is 14.5 Å². The first-order valence-electron chi connectivity index (χ1n) is 7.71. The second kappa shape index (κ2) is 6.79. The molecule has 1 amide bonds. The fraction of sp³-hybridized carbons (Fsp3) is 0.375. The van der Waals surface area contributed by atoms with Gasteiger partial charge in [0.25, 0.3) is 11.6 Å². The molecular formula is C16H18N4O4. The fourth-order valence-electron chi connectivity index (χ4n) is 2.84. The van der Waals surface area contributed by atoms with Crippen molar-refractivity contribution in [1.29, 1.82) is 0 Å². The first-order valence-corrected chi connectivity index (χ1v) is 7.71. The van der Waals surface area contributed by atoms with Gasteiger partial charge in [-0.25, -0.2) is 0 Å². The van der Waals surface area contributed by atoms with Gasteiger partial charge >= 0.3 is 0 Å². The summed E-state index contributed by atoms with van der Waals surface area (Å²) in [6.45, 7) is 3.79. The van der Waals surface area contributed by atoms with Crippen LogP contribution in [0.1, 0.15) is 27.2 Å². The number of hydrogen-bond donors (Lipinski definition) is 1. The first-order chi connectivity index (χ1) is 11.6. The number of amides is 1. The fourth-order valence-corrected chi connectivity index (χ4v) is 2.84. The number of fused-ring (bicyclic) bond motifs is 1. The van der Waals surface area contributed by atoms with Crippen molar-refractivity contribution in [3.63, 3.8) is 0 Å². The van der Waals surface area contributed by atoms with Crippen LogP contribution in [0.25, 0.3) is 0 Å². The van der Waals surface area contributed by atoms with Crippen molar-refractivity contribution in [2.75, 3.05) is 13.2 Å². The molecule has 0 fully saturated rings. The lowest BCUT2D eigenvalue weighted by Crippen LogP contribution is -2.29. The monoisotopic (exact) mass is 330 g/mol. The Kier molecular flexibility index (Phi) is 4.57. The molecule has 1 aliphatic heterocycles. The number of rotatable bonds is 5. The summed E-state index contributed by atoms with van der Waals surface area (Å²) in [4.78, 5) is 22.7. The molecule has 0 aliphatic carbocycles. The maximum Gasteiger partial charge on any atom is 0.273 e. The molecule has 3 rings (SSSR count). The van der Waals surface area contributed by atoms with Gasteiger partial charge in [0, 0.05) is 41.4 Å². The van der Waals surface area contributed by atoms with E-state index in [0.29, 0.717) is 37.4 Å². The summed E-state index contributed by atoms with van der Waals surface area (Å²) in [5.41, 5.74) is 2.86. The van der Waals surface area contributed by atoms with Crippen LogP contribution in [-0.2, 0) is 24.3 Å². The third-order valence-corrected chi connectivity index (χ3v) is 4.13. The van der Waals surface area contributed by atoms with Gasteiger partial charge in [-0.1, -0.05) is 6.07 Å². The van der Waals surface area contributed by atoms with E-state index in [1.54, 1.807) is 19.2 Å². The minimum Gasteiger partial charge on any atom is -0.376 e. The lowest BCUT2D eigenvalue weighted by Gasteiger charge is -2.15. The molecule has 1 aromatic carbocycles. The summed E-state index contributed by atoms with van der Waals surface area (Å²) in [6.07, 6.45) is 2.61. The average Bonchev–Trinajstić information content (AvgIpc) is 2.98. The zero-order chi connectivity index (χ0) is 17.1.